The van der Waals surface area contributed by atoms with E-state index in [1.807, 2.05) is 18.2 Å². The van der Waals surface area contributed by atoms with Crippen LogP contribution in [0.1, 0.15) is 43.2 Å². The highest BCUT2D eigenvalue weighted by Crippen LogP contribution is 2.32. The average Bonchev–Trinajstić information content (AvgIpc) is 2.71. The van der Waals surface area contributed by atoms with Crippen LogP contribution in [-0.4, -0.2) is 57.2 Å². The fourth-order valence-corrected chi connectivity index (χ4v) is 4.58. The molecular formula is C21H29N3O2. The predicted octanol–water partition coefficient (Wildman–Crippen LogP) is 2.88. The molecule has 0 spiro atoms. The van der Waals surface area contributed by atoms with Gasteiger partial charge in [0, 0.05) is 29.7 Å². The van der Waals surface area contributed by atoms with E-state index < -0.39 is 0 Å². The second-order valence-corrected chi connectivity index (χ2v) is 7.71. The number of benzene rings is 1. The Kier molecular flexibility index (Phi) is 5.38. The molecule has 3 heterocycles. The van der Waals surface area contributed by atoms with Crippen LogP contribution in [0, 0.1) is 0 Å². The number of piperidine rings is 2. The van der Waals surface area contributed by atoms with E-state index in [1.54, 1.807) is 6.20 Å². The summed E-state index contributed by atoms with van der Waals surface area (Å²) in [7, 11) is 0. The number of aromatic nitrogens is 1. The van der Waals surface area contributed by atoms with Gasteiger partial charge in [-0.1, -0.05) is 12.5 Å². The number of hydrogen-bond acceptors (Lipinski definition) is 5. The molecule has 140 valence electrons. The lowest BCUT2D eigenvalue weighted by atomic mass is 9.98. The molecule has 5 nitrogen and oxygen atoms in total. The van der Waals surface area contributed by atoms with Crippen molar-refractivity contribution in [1.29, 1.82) is 0 Å². The van der Waals surface area contributed by atoms with Crippen LogP contribution in [0.15, 0.2) is 24.4 Å². The number of aromatic hydroxyl groups is 1. The van der Waals surface area contributed by atoms with E-state index in [1.165, 1.54) is 45.2 Å². The van der Waals surface area contributed by atoms with Gasteiger partial charge in [0.25, 0.3) is 0 Å². The summed E-state index contributed by atoms with van der Waals surface area (Å²) in [5, 5.41) is 21.2. The Hall–Kier alpha value is -1.69. The van der Waals surface area contributed by atoms with Crippen LogP contribution in [0.3, 0.4) is 0 Å². The number of hydrogen-bond donors (Lipinski definition) is 2. The third-order valence-electron chi connectivity index (χ3n) is 6.06. The van der Waals surface area contributed by atoms with Gasteiger partial charge in [0.2, 0.25) is 0 Å². The first-order valence-electron chi connectivity index (χ1n) is 9.92. The van der Waals surface area contributed by atoms with Gasteiger partial charge in [-0.05, 0) is 69.6 Å². The minimum absolute atomic E-state index is 0.0352. The van der Waals surface area contributed by atoms with E-state index in [4.69, 9.17) is 0 Å². The molecule has 2 fully saturated rings. The minimum atomic E-state index is -0.0352. The van der Waals surface area contributed by atoms with E-state index in [-0.39, 0.29) is 12.4 Å². The molecule has 5 heteroatoms. The van der Waals surface area contributed by atoms with Gasteiger partial charge in [-0.3, -0.25) is 9.88 Å². The standard InChI is InChI=1S/C21H29N3O2/c25-15-17-13-16(21(26)20-19(17)5-4-8-22-20)14-23-11-6-18(7-12-23)24-9-2-1-3-10-24/h4-5,8,13,18,25-26H,1-3,6-7,9-12,14-15H2. The van der Waals surface area contributed by atoms with Crippen LogP contribution in [-0.2, 0) is 13.2 Å². The summed E-state index contributed by atoms with van der Waals surface area (Å²) in [5.74, 6) is 0.260. The number of pyridine rings is 1. The number of fused-ring (bicyclic) bond motifs is 1. The smallest absolute Gasteiger partial charge is 0.146 e. The van der Waals surface area contributed by atoms with Crippen LogP contribution < -0.4 is 0 Å². The van der Waals surface area contributed by atoms with Gasteiger partial charge < -0.3 is 15.1 Å². The third kappa shape index (κ3) is 3.56. The van der Waals surface area contributed by atoms with E-state index >= 15 is 0 Å². The summed E-state index contributed by atoms with van der Waals surface area (Å²) < 4.78 is 0. The van der Waals surface area contributed by atoms with Gasteiger partial charge in [-0.2, -0.15) is 0 Å². The molecular weight excluding hydrogens is 326 g/mol. The highest BCUT2D eigenvalue weighted by Gasteiger charge is 2.26. The van der Waals surface area contributed by atoms with Crippen molar-refractivity contribution in [3.05, 3.63) is 35.5 Å². The Morgan fingerprint density at radius 1 is 1.04 bits per heavy atom. The molecule has 0 atom stereocenters. The van der Waals surface area contributed by atoms with E-state index in [9.17, 15) is 10.2 Å². The number of aliphatic hydroxyl groups excluding tert-OH is 1. The van der Waals surface area contributed by atoms with E-state index in [0.717, 1.165) is 42.2 Å². The molecule has 26 heavy (non-hydrogen) atoms. The number of phenolic OH excluding ortho intramolecular Hbond substituents is 1. The summed E-state index contributed by atoms with van der Waals surface area (Å²) >= 11 is 0. The largest absolute Gasteiger partial charge is 0.505 e. The van der Waals surface area contributed by atoms with Crippen molar-refractivity contribution in [2.45, 2.75) is 51.3 Å². The average molecular weight is 355 g/mol. The van der Waals surface area contributed by atoms with Crippen molar-refractivity contribution in [1.82, 2.24) is 14.8 Å². The summed E-state index contributed by atoms with van der Waals surface area (Å²) in [6.07, 6.45) is 8.19. The molecule has 2 aliphatic heterocycles. The number of rotatable bonds is 4. The van der Waals surface area contributed by atoms with E-state index in [0.29, 0.717) is 5.52 Å². The van der Waals surface area contributed by atoms with Crippen LogP contribution in [0.5, 0.6) is 5.75 Å². The summed E-state index contributed by atoms with van der Waals surface area (Å²) in [6.45, 7) is 5.35. The quantitative estimate of drug-likeness (QED) is 0.883. The lowest BCUT2D eigenvalue weighted by molar-refractivity contribution is 0.0893. The molecule has 1 aromatic heterocycles. The predicted molar refractivity (Wildman–Crippen MR) is 103 cm³/mol. The van der Waals surface area contributed by atoms with Crippen LogP contribution in [0.25, 0.3) is 10.9 Å². The zero-order valence-corrected chi connectivity index (χ0v) is 15.4. The Morgan fingerprint density at radius 2 is 1.81 bits per heavy atom. The van der Waals surface area contributed by atoms with Crippen molar-refractivity contribution < 1.29 is 10.2 Å². The topological polar surface area (TPSA) is 59.8 Å². The molecule has 2 aliphatic rings. The van der Waals surface area contributed by atoms with Crippen LogP contribution in [0.2, 0.25) is 0 Å². The number of nitrogens with zero attached hydrogens (tertiary/aromatic N) is 3. The highest BCUT2D eigenvalue weighted by atomic mass is 16.3. The van der Waals surface area contributed by atoms with Crippen LogP contribution >= 0.6 is 0 Å². The molecule has 0 amide bonds. The monoisotopic (exact) mass is 355 g/mol. The number of likely N-dealkylation sites (tertiary alicyclic amines) is 2. The molecule has 4 rings (SSSR count). The summed E-state index contributed by atoms with van der Waals surface area (Å²) in [6, 6.07) is 6.41. The SMILES string of the molecule is OCc1cc(CN2CCC(N3CCCCC3)CC2)c(O)c2ncccc12. The van der Waals surface area contributed by atoms with Gasteiger partial charge in [0.1, 0.15) is 11.3 Å². The molecule has 0 saturated carbocycles. The fourth-order valence-electron chi connectivity index (χ4n) is 4.58. The van der Waals surface area contributed by atoms with Gasteiger partial charge >= 0.3 is 0 Å². The lowest BCUT2D eigenvalue weighted by Gasteiger charge is -2.40. The van der Waals surface area contributed by atoms with E-state index in [2.05, 4.69) is 14.8 Å². The fraction of sp³-hybridized carbons (Fsp3) is 0.571. The normalized spacial score (nSPS) is 20.7. The zero-order valence-electron chi connectivity index (χ0n) is 15.4. The first-order valence-corrected chi connectivity index (χ1v) is 9.92. The Labute approximate surface area is 155 Å². The van der Waals surface area contributed by atoms with Gasteiger partial charge in [-0.15, -0.1) is 0 Å². The molecule has 0 unspecified atom stereocenters. The van der Waals surface area contributed by atoms with Gasteiger partial charge in [0.05, 0.1) is 6.61 Å². The van der Waals surface area contributed by atoms with Crippen molar-refractivity contribution in [3.63, 3.8) is 0 Å². The van der Waals surface area contributed by atoms with Gasteiger partial charge in [-0.25, -0.2) is 0 Å². The molecule has 2 saturated heterocycles. The zero-order chi connectivity index (χ0) is 17.9. The third-order valence-corrected chi connectivity index (χ3v) is 6.06. The molecule has 0 radical (unpaired) electrons. The molecule has 2 aromatic rings. The second-order valence-electron chi connectivity index (χ2n) is 7.71. The second kappa shape index (κ2) is 7.91. The minimum Gasteiger partial charge on any atom is -0.505 e. The van der Waals surface area contributed by atoms with Crippen molar-refractivity contribution in [2.24, 2.45) is 0 Å². The Balaban J connectivity index is 1.45. The first-order chi connectivity index (χ1) is 12.8. The van der Waals surface area contributed by atoms with Crippen molar-refractivity contribution in [2.75, 3.05) is 26.2 Å². The number of phenols is 1. The molecule has 2 N–H and O–H groups in total. The maximum Gasteiger partial charge on any atom is 0.146 e. The van der Waals surface area contributed by atoms with Crippen molar-refractivity contribution >= 4 is 10.9 Å². The maximum atomic E-state index is 10.7. The summed E-state index contributed by atoms with van der Waals surface area (Å²) in [5.41, 5.74) is 2.30. The Morgan fingerprint density at radius 3 is 2.54 bits per heavy atom. The van der Waals surface area contributed by atoms with Crippen molar-refractivity contribution in [3.8, 4) is 5.75 Å². The molecule has 0 aliphatic carbocycles. The first kappa shape index (κ1) is 17.7. The lowest BCUT2D eigenvalue weighted by Crippen LogP contribution is -2.46. The number of aliphatic hydroxyl groups is 1. The maximum absolute atomic E-state index is 10.7. The molecule has 1 aromatic carbocycles. The van der Waals surface area contributed by atoms with Crippen LogP contribution in [0.4, 0.5) is 0 Å². The highest BCUT2D eigenvalue weighted by molar-refractivity contribution is 5.88. The molecule has 0 bridgehead atoms. The van der Waals surface area contributed by atoms with Gasteiger partial charge in [0.15, 0.2) is 0 Å². The summed E-state index contributed by atoms with van der Waals surface area (Å²) in [4.78, 5) is 9.43. The Bertz CT molecular complexity index is 750.